The van der Waals surface area contributed by atoms with Crippen molar-refractivity contribution in [3.8, 4) is 11.5 Å². The van der Waals surface area contributed by atoms with Crippen LogP contribution in [0.4, 0.5) is 11.4 Å². The van der Waals surface area contributed by atoms with E-state index in [0.29, 0.717) is 0 Å². The van der Waals surface area contributed by atoms with Crippen LogP contribution in [-0.2, 0) is 4.79 Å². The molecule has 1 amide bonds. The van der Waals surface area contributed by atoms with Gasteiger partial charge in [0.2, 0.25) is 5.91 Å². The van der Waals surface area contributed by atoms with Crippen LogP contribution in [0.3, 0.4) is 0 Å². The summed E-state index contributed by atoms with van der Waals surface area (Å²) in [5.74, 6) is 2.94. The van der Waals surface area contributed by atoms with Crippen molar-refractivity contribution in [3.63, 3.8) is 0 Å². The first-order valence-corrected chi connectivity index (χ1v) is 12.2. The molecule has 1 saturated heterocycles. The molecule has 5 nitrogen and oxygen atoms in total. The molecule has 0 aromatic heterocycles. The van der Waals surface area contributed by atoms with Gasteiger partial charge in [-0.3, -0.25) is 4.79 Å². The Hall–Kier alpha value is -3.60. The first-order valence-electron chi connectivity index (χ1n) is 12.2. The lowest BCUT2D eigenvalue weighted by Gasteiger charge is -2.33. The number of anilines is 1. The van der Waals surface area contributed by atoms with Crippen molar-refractivity contribution in [2.75, 3.05) is 18.4 Å². The molecule has 0 spiro atoms. The van der Waals surface area contributed by atoms with Crippen LogP contribution in [0.5, 0.6) is 11.5 Å². The van der Waals surface area contributed by atoms with Crippen LogP contribution >= 0.6 is 0 Å². The highest BCUT2D eigenvalue weighted by Crippen LogP contribution is 2.39. The number of rotatable bonds is 4. The Bertz CT molecular complexity index is 1200. The molecular weight excluding hydrogens is 422 g/mol. The van der Waals surface area contributed by atoms with Gasteiger partial charge in [0, 0.05) is 18.8 Å². The SMILES string of the molecule is CCC(C(=O)Nc1ccc2c(c1)C(N1CCC(C)CC1)=Nc1ccccc1O2)c1ccccc1. The van der Waals surface area contributed by atoms with Crippen LogP contribution in [0.25, 0.3) is 0 Å². The van der Waals surface area contributed by atoms with E-state index in [9.17, 15) is 4.79 Å². The summed E-state index contributed by atoms with van der Waals surface area (Å²) in [6, 6.07) is 23.7. The van der Waals surface area contributed by atoms with Crippen LogP contribution in [0, 0.1) is 5.92 Å². The molecule has 2 heterocycles. The Morgan fingerprint density at radius 2 is 1.76 bits per heavy atom. The summed E-state index contributed by atoms with van der Waals surface area (Å²) in [7, 11) is 0. The lowest BCUT2D eigenvalue weighted by molar-refractivity contribution is -0.117. The smallest absolute Gasteiger partial charge is 0.231 e. The Kier molecular flexibility index (Phi) is 6.35. The number of carbonyl (C=O) groups excluding carboxylic acids is 1. The molecule has 1 fully saturated rings. The maximum absolute atomic E-state index is 13.2. The summed E-state index contributed by atoms with van der Waals surface area (Å²) >= 11 is 0. The largest absolute Gasteiger partial charge is 0.454 e. The monoisotopic (exact) mass is 453 g/mol. The molecule has 0 saturated carbocycles. The number of hydrogen-bond donors (Lipinski definition) is 1. The zero-order valence-corrected chi connectivity index (χ0v) is 19.8. The average molecular weight is 454 g/mol. The standard InChI is InChI=1S/C29H31N3O2/c1-3-23(21-9-5-4-6-10-21)29(33)30-22-13-14-26-24(19-22)28(32-17-15-20(2)16-18-32)31-25-11-7-8-12-27(25)34-26/h4-14,19-20,23H,3,15-18H2,1-2H3,(H,30,33). The fraction of sp³-hybridized carbons (Fsp3) is 0.310. The highest BCUT2D eigenvalue weighted by molar-refractivity contribution is 6.05. The van der Waals surface area contributed by atoms with E-state index in [0.717, 1.165) is 78.1 Å². The van der Waals surface area contributed by atoms with Gasteiger partial charge in [-0.15, -0.1) is 0 Å². The predicted octanol–water partition coefficient (Wildman–Crippen LogP) is 6.73. The number of likely N-dealkylation sites (tertiary alicyclic amines) is 1. The van der Waals surface area contributed by atoms with Gasteiger partial charge in [-0.1, -0.05) is 56.3 Å². The number of amides is 1. The quantitative estimate of drug-likeness (QED) is 0.476. The second-order valence-electron chi connectivity index (χ2n) is 9.25. The van der Waals surface area contributed by atoms with Gasteiger partial charge in [-0.25, -0.2) is 4.99 Å². The fourth-order valence-corrected chi connectivity index (χ4v) is 4.75. The molecule has 0 radical (unpaired) electrons. The van der Waals surface area contributed by atoms with Gasteiger partial charge in [-0.2, -0.15) is 0 Å². The first-order chi connectivity index (χ1) is 16.6. The normalized spacial score (nSPS) is 16.4. The first kappa shape index (κ1) is 22.2. The number of benzene rings is 3. The fourth-order valence-electron chi connectivity index (χ4n) is 4.75. The number of carbonyl (C=O) groups is 1. The molecule has 34 heavy (non-hydrogen) atoms. The number of para-hydroxylation sites is 2. The molecule has 0 aliphatic carbocycles. The predicted molar refractivity (Wildman–Crippen MR) is 137 cm³/mol. The Morgan fingerprint density at radius 1 is 1.03 bits per heavy atom. The third-order valence-electron chi connectivity index (χ3n) is 6.81. The lowest BCUT2D eigenvalue weighted by atomic mass is 9.95. The third kappa shape index (κ3) is 4.56. The third-order valence-corrected chi connectivity index (χ3v) is 6.81. The van der Waals surface area contributed by atoms with Gasteiger partial charge in [-0.05, 0) is 61.1 Å². The maximum atomic E-state index is 13.2. The van der Waals surface area contributed by atoms with Crippen molar-refractivity contribution in [2.45, 2.75) is 39.0 Å². The molecule has 1 atom stereocenters. The Labute approximate surface area is 201 Å². The van der Waals surface area contributed by atoms with Gasteiger partial charge < -0.3 is 15.0 Å². The van der Waals surface area contributed by atoms with E-state index >= 15 is 0 Å². The van der Waals surface area contributed by atoms with E-state index in [2.05, 4.69) is 17.1 Å². The Balaban J connectivity index is 1.48. The van der Waals surface area contributed by atoms with Crippen LogP contribution in [0.1, 0.15) is 50.2 Å². The number of amidine groups is 1. The molecule has 5 heteroatoms. The summed E-state index contributed by atoms with van der Waals surface area (Å²) in [5.41, 5.74) is 3.52. The summed E-state index contributed by atoms with van der Waals surface area (Å²) in [4.78, 5) is 20.6. The Morgan fingerprint density at radius 3 is 2.53 bits per heavy atom. The molecule has 2 aliphatic rings. The number of ether oxygens (including phenoxy) is 1. The number of nitrogens with one attached hydrogen (secondary N) is 1. The van der Waals surface area contributed by atoms with Crippen molar-refractivity contribution in [1.82, 2.24) is 4.90 Å². The molecule has 5 rings (SSSR count). The molecule has 0 bridgehead atoms. The molecule has 2 aliphatic heterocycles. The zero-order chi connectivity index (χ0) is 23.5. The minimum Gasteiger partial charge on any atom is -0.454 e. The van der Waals surface area contributed by atoms with Gasteiger partial charge >= 0.3 is 0 Å². The summed E-state index contributed by atoms with van der Waals surface area (Å²) in [6.45, 7) is 6.28. The zero-order valence-electron chi connectivity index (χ0n) is 19.8. The number of piperidine rings is 1. The van der Waals surface area contributed by atoms with Gasteiger partial charge in [0.25, 0.3) is 0 Å². The van der Waals surface area contributed by atoms with Gasteiger partial charge in [0.15, 0.2) is 5.75 Å². The van der Waals surface area contributed by atoms with Crippen LogP contribution < -0.4 is 10.1 Å². The summed E-state index contributed by atoms with van der Waals surface area (Å²) in [5, 5.41) is 3.15. The summed E-state index contributed by atoms with van der Waals surface area (Å²) < 4.78 is 6.29. The molecule has 1 unspecified atom stereocenters. The van der Waals surface area contributed by atoms with E-state index in [1.165, 1.54) is 0 Å². The number of hydrogen-bond acceptors (Lipinski definition) is 4. The number of aliphatic imine (C=N–C) groups is 1. The van der Waals surface area contributed by atoms with Crippen LogP contribution in [0.2, 0.25) is 0 Å². The molecule has 174 valence electrons. The van der Waals surface area contributed by atoms with Crippen LogP contribution in [-0.4, -0.2) is 29.7 Å². The molecule has 3 aromatic carbocycles. The molecular formula is C29H31N3O2. The summed E-state index contributed by atoms with van der Waals surface area (Å²) in [6.07, 6.45) is 3.02. The highest BCUT2D eigenvalue weighted by Gasteiger charge is 2.26. The second kappa shape index (κ2) is 9.72. The van der Waals surface area contributed by atoms with Gasteiger partial charge in [0.05, 0.1) is 11.5 Å². The van der Waals surface area contributed by atoms with Crippen molar-refractivity contribution in [3.05, 3.63) is 83.9 Å². The van der Waals surface area contributed by atoms with E-state index in [1.807, 2.05) is 79.7 Å². The van der Waals surface area contributed by atoms with Crippen molar-refractivity contribution < 1.29 is 9.53 Å². The van der Waals surface area contributed by atoms with Crippen LogP contribution in [0.15, 0.2) is 77.8 Å². The minimum atomic E-state index is -0.197. The lowest BCUT2D eigenvalue weighted by Crippen LogP contribution is -2.38. The topological polar surface area (TPSA) is 53.9 Å². The van der Waals surface area contributed by atoms with Crippen molar-refractivity contribution in [2.24, 2.45) is 10.9 Å². The number of nitrogens with zero attached hydrogens (tertiary/aromatic N) is 2. The molecule has 3 aromatic rings. The van der Waals surface area contributed by atoms with Crippen molar-refractivity contribution in [1.29, 1.82) is 0 Å². The van der Waals surface area contributed by atoms with E-state index in [-0.39, 0.29) is 11.8 Å². The van der Waals surface area contributed by atoms with E-state index in [4.69, 9.17) is 9.73 Å². The molecule has 1 N–H and O–H groups in total. The van der Waals surface area contributed by atoms with E-state index in [1.54, 1.807) is 0 Å². The minimum absolute atomic E-state index is 0.00300. The second-order valence-corrected chi connectivity index (χ2v) is 9.25. The van der Waals surface area contributed by atoms with Gasteiger partial charge in [0.1, 0.15) is 17.3 Å². The number of fused-ring (bicyclic) bond motifs is 2. The maximum Gasteiger partial charge on any atom is 0.231 e. The van der Waals surface area contributed by atoms with Crippen molar-refractivity contribution >= 4 is 23.1 Å². The highest BCUT2D eigenvalue weighted by atomic mass is 16.5. The average Bonchev–Trinajstić information content (AvgIpc) is 3.02. The van der Waals surface area contributed by atoms with E-state index < -0.39 is 0 Å².